The van der Waals surface area contributed by atoms with E-state index in [9.17, 15) is 10.2 Å². The topological polar surface area (TPSA) is 61.7 Å². The number of phenolic OH excluding ortho intramolecular Hbond substituents is 2. The fourth-order valence-corrected chi connectivity index (χ4v) is 2.53. The Bertz CT molecular complexity index is 627. The van der Waals surface area contributed by atoms with E-state index in [-0.39, 0.29) is 23.6 Å². The lowest BCUT2D eigenvalue weighted by atomic mass is 10.0. The molecule has 104 valence electrons. The average molecular weight is 271 g/mol. The van der Waals surface area contributed by atoms with E-state index >= 15 is 0 Å². The van der Waals surface area contributed by atoms with Gasteiger partial charge in [-0.3, -0.25) is 0 Å². The summed E-state index contributed by atoms with van der Waals surface area (Å²) < 4.78 is 5.58. The summed E-state index contributed by atoms with van der Waals surface area (Å²) in [7, 11) is 0. The number of nitrogens with one attached hydrogen (secondary N) is 1. The Labute approximate surface area is 117 Å². The van der Waals surface area contributed by atoms with E-state index in [1.807, 2.05) is 25.1 Å². The van der Waals surface area contributed by atoms with Gasteiger partial charge in [-0.2, -0.15) is 0 Å². The van der Waals surface area contributed by atoms with Gasteiger partial charge in [0.2, 0.25) is 0 Å². The van der Waals surface area contributed by atoms with Gasteiger partial charge in [0.15, 0.2) is 0 Å². The Hall–Kier alpha value is -2.20. The lowest BCUT2D eigenvalue weighted by Crippen LogP contribution is -2.25. The molecule has 1 aliphatic heterocycles. The van der Waals surface area contributed by atoms with Gasteiger partial charge in [0.1, 0.15) is 23.9 Å². The van der Waals surface area contributed by atoms with Crippen molar-refractivity contribution in [1.29, 1.82) is 0 Å². The zero-order valence-electron chi connectivity index (χ0n) is 11.2. The van der Waals surface area contributed by atoms with Crippen LogP contribution in [0.2, 0.25) is 0 Å². The molecule has 0 spiro atoms. The molecule has 0 radical (unpaired) electrons. The number of benzene rings is 2. The molecule has 0 amide bonds. The van der Waals surface area contributed by atoms with Crippen LogP contribution in [0.25, 0.3) is 0 Å². The number of rotatable bonds is 3. The second kappa shape index (κ2) is 5.06. The first-order chi connectivity index (χ1) is 9.63. The minimum absolute atomic E-state index is 0.0861. The van der Waals surface area contributed by atoms with Crippen LogP contribution in [0.15, 0.2) is 42.5 Å². The van der Waals surface area contributed by atoms with Gasteiger partial charge in [-0.25, -0.2) is 0 Å². The largest absolute Gasteiger partial charge is 0.508 e. The van der Waals surface area contributed by atoms with Gasteiger partial charge < -0.3 is 20.3 Å². The first-order valence-electron chi connectivity index (χ1n) is 6.64. The molecule has 1 aliphatic rings. The van der Waals surface area contributed by atoms with Crippen LogP contribution in [0, 0.1) is 0 Å². The summed E-state index contributed by atoms with van der Waals surface area (Å²) in [5.41, 5.74) is 2.08. The fraction of sp³-hybridized carbons (Fsp3) is 0.250. The quantitative estimate of drug-likeness (QED) is 0.803. The third-order valence-corrected chi connectivity index (χ3v) is 3.60. The predicted molar refractivity (Wildman–Crippen MR) is 76.0 cm³/mol. The van der Waals surface area contributed by atoms with Gasteiger partial charge in [0.05, 0.1) is 6.04 Å². The van der Waals surface area contributed by atoms with E-state index in [0.717, 1.165) is 16.9 Å². The van der Waals surface area contributed by atoms with E-state index in [0.29, 0.717) is 6.61 Å². The summed E-state index contributed by atoms with van der Waals surface area (Å²) in [6.07, 6.45) is 0. The van der Waals surface area contributed by atoms with Crippen LogP contribution in [-0.4, -0.2) is 16.8 Å². The van der Waals surface area contributed by atoms with Crippen LogP contribution in [0.4, 0.5) is 0 Å². The maximum atomic E-state index is 9.53. The van der Waals surface area contributed by atoms with Gasteiger partial charge in [-0.1, -0.05) is 12.1 Å². The standard InChI is InChI=1S/C16H17NO3/c1-10(11-3-2-4-12(18)7-11)17-15-9-20-16-8-13(19)5-6-14(15)16/h2-8,10,15,17-19H,9H2,1H3. The summed E-state index contributed by atoms with van der Waals surface area (Å²) in [5.74, 6) is 1.21. The SMILES string of the molecule is CC(NC1COc2cc(O)ccc21)c1cccc(O)c1. The smallest absolute Gasteiger partial charge is 0.127 e. The monoisotopic (exact) mass is 271 g/mol. The number of hydrogen-bond donors (Lipinski definition) is 3. The molecule has 2 aromatic rings. The zero-order chi connectivity index (χ0) is 14.1. The second-order valence-corrected chi connectivity index (χ2v) is 5.07. The molecule has 20 heavy (non-hydrogen) atoms. The van der Waals surface area contributed by atoms with E-state index in [1.165, 1.54) is 0 Å². The van der Waals surface area contributed by atoms with Crippen molar-refractivity contribution in [2.24, 2.45) is 0 Å². The van der Waals surface area contributed by atoms with Gasteiger partial charge in [-0.05, 0) is 36.8 Å². The highest BCUT2D eigenvalue weighted by molar-refractivity contribution is 5.44. The molecule has 0 bridgehead atoms. The highest BCUT2D eigenvalue weighted by atomic mass is 16.5. The average Bonchev–Trinajstić information content (AvgIpc) is 2.81. The molecule has 0 saturated carbocycles. The summed E-state index contributed by atoms with van der Waals surface area (Å²) in [6.45, 7) is 2.59. The molecule has 0 saturated heterocycles. The van der Waals surface area contributed by atoms with Gasteiger partial charge in [-0.15, -0.1) is 0 Å². The molecule has 2 aromatic carbocycles. The highest BCUT2D eigenvalue weighted by Crippen LogP contribution is 2.36. The number of hydrogen-bond acceptors (Lipinski definition) is 4. The third kappa shape index (κ3) is 2.42. The van der Waals surface area contributed by atoms with Crippen LogP contribution < -0.4 is 10.1 Å². The summed E-state index contributed by atoms with van der Waals surface area (Å²) in [4.78, 5) is 0. The molecule has 1 heterocycles. The molecule has 4 nitrogen and oxygen atoms in total. The Morgan fingerprint density at radius 3 is 2.75 bits per heavy atom. The van der Waals surface area contributed by atoms with E-state index in [1.54, 1.807) is 24.3 Å². The van der Waals surface area contributed by atoms with Gasteiger partial charge in [0, 0.05) is 17.7 Å². The number of phenols is 2. The van der Waals surface area contributed by atoms with Crippen LogP contribution in [0.1, 0.15) is 30.1 Å². The lowest BCUT2D eigenvalue weighted by Gasteiger charge is -2.19. The van der Waals surface area contributed by atoms with Crippen LogP contribution in [0.5, 0.6) is 17.2 Å². The molecule has 0 aromatic heterocycles. The molecule has 4 heteroatoms. The van der Waals surface area contributed by atoms with Gasteiger partial charge >= 0.3 is 0 Å². The molecule has 3 N–H and O–H groups in total. The Morgan fingerprint density at radius 2 is 1.95 bits per heavy atom. The third-order valence-electron chi connectivity index (χ3n) is 3.60. The maximum absolute atomic E-state index is 9.53. The van der Waals surface area contributed by atoms with Gasteiger partial charge in [0.25, 0.3) is 0 Å². The Morgan fingerprint density at radius 1 is 1.15 bits per heavy atom. The fourth-order valence-electron chi connectivity index (χ4n) is 2.53. The van der Waals surface area contributed by atoms with Crippen LogP contribution in [0.3, 0.4) is 0 Å². The minimum Gasteiger partial charge on any atom is -0.508 e. The molecule has 0 fully saturated rings. The maximum Gasteiger partial charge on any atom is 0.127 e. The first kappa shape index (κ1) is 12.8. The minimum atomic E-state index is 0.0861. The normalized spacial score (nSPS) is 18.4. The lowest BCUT2D eigenvalue weighted by molar-refractivity contribution is 0.300. The van der Waals surface area contributed by atoms with E-state index in [2.05, 4.69) is 5.32 Å². The van der Waals surface area contributed by atoms with Crippen LogP contribution >= 0.6 is 0 Å². The second-order valence-electron chi connectivity index (χ2n) is 5.07. The van der Waals surface area contributed by atoms with Crippen molar-refractivity contribution in [3.05, 3.63) is 53.6 Å². The van der Waals surface area contributed by atoms with Crippen molar-refractivity contribution in [2.45, 2.75) is 19.0 Å². The molecule has 0 aliphatic carbocycles. The molecular formula is C16H17NO3. The Balaban J connectivity index is 1.77. The predicted octanol–water partition coefficient (Wildman–Crippen LogP) is 2.88. The molecule has 2 atom stereocenters. The number of ether oxygens (including phenoxy) is 1. The van der Waals surface area contributed by atoms with E-state index in [4.69, 9.17) is 4.74 Å². The van der Waals surface area contributed by atoms with Crippen molar-refractivity contribution in [1.82, 2.24) is 5.32 Å². The molecule has 3 rings (SSSR count). The Kier molecular flexibility index (Phi) is 3.24. The van der Waals surface area contributed by atoms with Crippen molar-refractivity contribution >= 4 is 0 Å². The molecule has 2 unspecified atom stereocenters. The first-order valence-corrected chi connectivity index (χ1v) is 6.64. The van der Waals surface area contributed by atoms with Crippen LogP contribution in [-0.2, 0) is 0 Å². The zero-order valence-corrected chi connectivity index (χ0v) is 11.2. The van der Waals surface area contributed by atoms with Crippen molar-refractivity contribution < 1.29 is 14.9 Å². The number of fused-ring (bicyclic) bond motifs is 1. The number of aromatic hydroxyl groups is 2. The van der Waals surface area contributed by atoms with E-state index < -0.39 is 0 Å². The van der Waals surface area contributed by atoms with Crippen molar-refractivity contribution in [3.8, 4) is 17.2 Å². The highest BCUT2D eigenvalue weighted by Gasteiger charge is 2.25. The summed E-state index contributed by atoms with van der Waals surface area (Å²) in [5, 5.41) is 22.5. The summed E-state index contributed by atoms with van der Waals surface area (Å²) >= 11 is 0. The van der Waals surface area contributed by atoms with Crippen molar-refractivity contribution in [2.75, 3.05) is 6.61 Å². The summed E-state index contributed by atoms with van der Waals surface area (Å²) in [6, 6.07) is 12.6. The van der Waals surface area contributed by atoms with Crippen molar-refractivity contribution in [3.63, 3.8) is 0 Å². The molecular weight excluding hydrogens is 254 g/mol.